The molecule has 0 aliphatic heterocycles. The fraction of sp³-hybridized carbons (Fsp3) is 0.0714. The van der Waals surface area contributed by atoms with Crippen LogP contribution in [0, 0.1) is 0 Å². The zero-order valence-corrected chi connectivity index (χ0v) is 16.4. The van der Waals surface area contributed by atoms with Crippen molar-refractivity contribution < 1.29 is 4.74 Å². The van der Waals surface area contributed by atoms with Crippen LogP contribution in [0.25, 0.3) is 43.8 Å². The summed E-state index contributed by atoms with van der Waals surface area (Å²) < 4.78 is 5.86. The quantitative estimate of drug-likeness (QED) is 0.292. The van der Waals surface area contributed by atoms with Crippen LogP contribution in [0.2, 0.25) is 0 Å². The molecule has 0 N–H and O–H groups in total. The molecule has 0 aliphatic rings. The van der Waals surface area contributed by atoms with Gasteiger partial charge in [0.1, 0.15) is 5.75 Å². The number of rotatable bonds is 4. The van der Waals surface area contributed by atoms with E-state index in [2.05, 4.69) is 103 Å². The van der Waals surface area contributed by atoms with Gasteiger partial charge in [0.25, 0.3) is 0 Å². The van der Waals surface area contributed by atoms with Crippen LogP contribution in [0.1, 0.15) is 6.92 Å². The van der Waals surface area contributed by atoms with Gasteiger partial charge >= 0.3 is 0 Å². The first-order valence-corrected chi connectivity index (χ1v) is 10.1. The molecular formula is C28H22O. The number of hydrogen-bond donors (Lipinski definition) is 0. The molecule has 0 aromatic heterocycles. The SMILES string of the molecule is CCOc1ccc2c(-c3ccccc3)c3ccccc3c(-c3ccccc3)c2c1. The third-order valence-electron chi connectivity index (χ3n) is 5.43. The molecule has 5 rings (SSSR count). The first-order valence-electron chi connectivity index (χ1n) is 10.1. The second kappa shape index (κ2) is 7.44. The van der Waals surface area contributed by atoms with E-state index in [0.29, 0.717) is 6.61 Å². The molecule has 5 aromatic carbocycles. The van der Waals surface area contributed by atoms with Gasteiger partial charge in [0.15, 0.2) is 0 Å². The van der Waals surface area contributed by atoms with E-state index >= 15 is 0 Å². The Hall–Kier alpha value is -3.58. The molecule has 0 fully saturated rings. The number of hydrogen-bond acceptors (Lipinski definition) is 1. The molecule has 0 aliphatic carbocycles. The van der Waals surface area contributed by atoms with E-state index in [1.807, 2.05) is 6.92 Å². The van der Waals surface area contributed by atoms with Crippen LogP contribution >= 0.6 is 0 Å². The van der Waals surface area contributed by atoms with Crippen molar-refractivity contribution in [1.29, 1.82) is 0 Å². The highest BCUT2D eigenvalue weighted by Crippen LogP contribution is 2.44. The van der Waals surface area contributed by atoms with Gasteiger partial charge in [-0.15, -0.1) is 0 Å². The summed E-state index contributed by atoms with van der Waals surface area (Å²) in [4.78, 5) is 0. The first-order chi connectivity index (χ1) is 14.4. The number of fused-ring (bicyclic) bond motifs is 2. The molecule has 1 heteroatoms. The normalized spacial score (nSPS) is 11.1. The minimum Gasteiger partial charge on any atom is -0.494 e. The van der Waals surface area contributed by atoms with Crippen molar-refractivity contribution >= 4 is 21.5 Å². The molecule has 0 spiro atoms. The third kappa shape index (κ3) is 3.05. The molecule has 0 saturated carbocycles. The van der Waals surface area contributed by atoms with Crippen molar-refractivity contribution in [3.8, 4) is 28.0 Å². The average Bonchev–Trinajstić information content (AvgIpc) is 2.79. The van der Waals surface area contributed by atoms with Gasteiger partial charge in [0.2, 0.25) is 0 Å². The largest absolute Gasteiger partial charge is 0.494 e. The Morgan fingerprint density at radius 1 is 0.517 bits per heavy atom. The topological polar surface area (TPSA) is 9.23 Å². The van der Waals surface area contributed by atoms with E-state index in [0.717, 1.165) is 5.75 Å². The Labute approximate surface area is 171 Å². The van der Waals surface area contributed by atoms with Gasteiger partial charge in [0, 0.05) is 0 Å². The van der Waals surface area contributed by atoms with E-state index < -0.39 is 0 Å². The van der Waals surface area contributed by atoms with Crippen molar-refractivity contribution in [2.45, 2.75) is 6.92 Å². The Morgan fingerprint density at radius 2 is 1.00 bits per heavy atom. The monoisotopic (exact) mass is 374 g/mol. The molecule has 0 bridgehead atoms. The summed E-state index contributed by atoms with van der Waals surface area (Å²) in [5.41, 5.74) is 5.00. The van der Waals surface area contributed by atoms with Gasteiger partial charge in [-0.05, 0) is 62.9 Å². The maximum absolute atomic E-state index is 5.86. The molecular weight excluding hydrogens is 352 g/mol. The average molecular weight is 374 g/mol. The molecule has 0 radical (unpaired) electrons. The summed E-state index contributed by atoms with van der Waals surface area (Å²) in [6, 6.07) is 36.5. The van der Waals surface area contributed by atoms with Gasteiger partial charge in [-0.3, -0.25) is 0 Å². The molecule has 0 atom stereocenters. The molecule has 1 nitrogen and oxygen atoms in total. The molecule has 29 heavy (non-hydrogen) atoms. The zero-order chi connectivity index (χ0) is 19.6. The van der Waals surface area contributed by atoms with E-state index in [9.17, 15) is 0 Å². The summed E-state index contributed by atoms with van der Waals surface area (Å²) in [5.74, 6) is 0.909. The van der Waals surface area contributed by atoms with Crippen molar-refractivity contribution in [1.82, 2.24) is 0 Å². The highest BCUT2D eigenvalue weighted by Gasteiger charge is 2.16. The second-order valence-corrected chi connectivity index (χ2v) is 7.17. The Morgan fingerprint density at radius 3 is 1.55 bits per heavy atom. The highest BCUT2D eigenvalue weighted by atomic mass is 16.5. The van der Waals surface area contributed by atoms with Crippen LogP contribution < -0.4 is 4.74 Å². The summed E-state index contributed by atoms with van der Waals surface area (Å²) >= 11 is 0. The van der Waals surface area contributed by atoms with Gasteiger partial charge in [-0.1, -0.05) is 91.0 Å². The van der Waals surface area contributed by atoms with Gasteiger partial charge in [-0.2, -0.15) is 0 Å². The Kier molecular flexibility index (Phi) is 4.50. The predicted octanol–water partition coefficient (Wildman–Crippen LogP) is 7.73. The third-order valence-corrected chi connectivity index (χ3v) is 5.43. The van der Waals surface area contributed by atoms with Crippen LogP contribution in [0.15, 0.2) is 103 Å². The summed E-state index contributed by atoms with van der Waals surface area (Å²) in [6.45, 7) is 2.68. The summed E-state index contributed by atoms with van der Waals surface area (Å²) in [6.07, 6.45) is 0. The minimum absolute atomic E-state index is 0.658. The van der Waals surface area contributed by atoms with Crippen LogP contribution in [0.4, 0.5) is 0 Å². The summed E-state index contributed by atoms with van der Waals surface area (Å²) in [5, 5.41) is 5.00. The van der Waals surface area contributed by atoms with Crippen molar-refractivity contribution in [2.24, 2.45) is 0 Å². The van der Waals surface area contributed by atoms with E-state index in [-0.39, 0.29) is 0 Å². The zero-order valence-electron chi connectivity index (χ0n) is 16.4. The molecule has 0 unspecified atom stereocenters. The maximum Gasteiger partial charge on any atom is 0.119 e. The predicted molar refractivity (Wildman–Crippen MR) is 123 cm³/mol. The summed E-state index contributed by atoms with van der Waals surface area (Å²) in [7, 11) is 0. The maximum atomic E-state index is 5.86. The van der Waals surface area contributed by atoms with Crippen molar-refractivity contribution in [3.05, 3.63) is 103 Å². The number of benzene rings is 5. The van der Waals surface area contributed by atoms with Gasteiger partial charge < -0.3 is 4.74 Å². The molecule has 140 valence electrons. The van der Waals surface area contributed by atoms with E-state index in [4.69, 9.17) is 4.74 Å². The molecule has 5 aromatic rings. The lowest BCUT2D eigenvalue weighted by atomic mass is 9.86. The minimum atomic E-state index is 0.658. The second-order valence-electron chi connectivity index (χ2n) is 7.17. The van der Waals surface area contributed by atoms with Crippen LogP contribution in [-0.2, 0) is 0 Å². The van der Waals surface area contributed by atoms with Crippen molar-refractivity contribution in [3.63, 3.8) is 0 Å². The van der Waals surface area contributed by atoms with Crippen LogP contribution in [-0.4, -0.2) is 6.61 Å². The lowest BCUT2D eigenvalue weighted by Gasteiger charge is -2.18. The first kappa shape index (κ1) is 17.5. The molecule has 0 saturated heterocycles. The van der Waals surface area contributed by atoms with Gasteiger partial charge in [0.05, 0.1) is 6.61 Å². The highest BCUT2D eigenvalue weighted by molar-refractivity contribution is 6.21. The molecule has 0 amide bonds. The Balaban J connectivity index is 1.98. The van der Waals surface area contributed by atoms with Crippen LogP contribution in [0.3, 0.4) is 0 Å². The molecule has 0 heterocycles. The standard InChI is InChI=1S/C28H22O/c1-2-29-22-17-18-25-26(19-22)28(21-13-7-4-8-14-21)24-16-10-9-15-23(24)27(25)20-11-5-3-6-12-20/h3-19H,2H2,1H3. The number of ether oxygens (including phenoxy) is 1. The lowest BCUT2D eigenvalue weighted by molar-refractivity contribution is 0.341. The van der Waals surface area contributed by atoms with Gasteiger partial charge in [-0.25, -0.2) is 0 Å². The fourth-order valence-electron chi connectivity index (χ4n) is 4.25. The Bertz CT molecular complexity index is 1290. The van der Waals surface area contributed by atoms with Crippen LogP contribution in [0.5, 0.6) is 5.75 Å². The fourth-order valence-corrected chi connectivity index (χ4v) is 4.25. The van der Waals surface area contributed by atoms with Crippen molar-refractivity contribution in [2.75, 3.05) is 6.61 Å². The van der Waals surface area contributed by atoms with E-state index in [1.165, 1.54) is 43.8 Å². The van der Waals surface area contributed by atoms with E-state index in [1.54, 1.807) is 0 Å². The lowest BCUT2D eigenvalue weighted by Crippen LogP contribution is -1.94. The smallest absolute Gasteiger partial charge is 0.119 e.